The Morgan fingerprint density at radius 3 is 2.77 bits per heavy atom. The molecular formula is C17H22N2O3. The van der Waals surface area contributed by atoms with Crippen molar-refractivity contribution in [3.8, 4) is 5.75 Å². The summed E-state index contributed by atoms with van der Waals surface area (Å²) in [6.07, 6.45) is 2.56. The molecule has 2 fully saturated rings. The number of nitrogens with zero attached hydrogens (tertiary/aromatic N) is 2. The maximum absolute atomic E-state index is 12.4. The smallest absolute Gasteiger partial charge is 0.327 e. The molecule has 3 rings (SSSR count). The third-order valence-corrected chi connectivity index (χ3v) is 4.39. The van der Waals surface area contributed by atoms with Crippen molar-refractivity contribution >= 4 is 11.9 Å². The molecule has 5 nitrogen and oxygen atoms in total. The Bertz CT molecular complexity index is 563. The van der Waals surface area contributed by atoms with E-state index in [2.05, 4.69) is 0 Å². The molecule has 22 heavy (non-hydrogen) atoms. The van der Waals surface area contributed by atoms with Gasteiger partial charge in [0.25, 0.3) is 5.91 Å². The number of benzene rings is 1. The highest BCUT2D eigenvalue weighted by Gasteiger charge is 2.46. The number of fused-ring (bicyclic) bond motifs is 1. The molecule has 2 atom stereocenters. The minimum absolute atomic E-state index is 0.0649. The zero-order valence-corrected chi connectivity index (χ0v) is 13.1. The SMILES string of the molecule is Cc1ccccc1O[C@@H](C)CN1C(=O)[C@@H]2CCCCN2C1=O. The molecule has 0 saturated carbocycles. The number of amides is 3. The number of ether oxygens (including phenoxy) is 1. The minimum atomic E-state index is -0.244. The average Bonchev–Trinajstić information content (AvgIpc) is 2.75. The van der Waals surface area contributed by atoms with Gasteiger partial charge in [-0.25, -0.2) is 4.79 Å². The van der Waals surface area contributed by atoms with Crippen LogP contribution in [0.4, 0.5) is 4.79 Å². The predicted molar refractivity (Wildman–Crippen MR) is 82.7 cm³/mol. The molecule has 2 heterocycles. The number of carbonyl (C=O) groups is 2. The van der Waals surface area contributed by atoms with Crippen LogP contribution in [-0.2, 0) is 4.79 Å². The monoisotopic (exact) mass is 302 g/mol. The first-order valence-electron chi connectivity index (χ1n) is 7.92. The van der Waals surface area contributed by atoms with E-state index in [1.54, 1.807) is 4.90 Å². The van der Waals surface area contributed by atoms with Crippen LogP contribution in [0.3, 0.4) is 0 Å². The highest BCUT2D eigenvalue weighted by molar-refractivity contribution is 6.04. The van der Waals surface area contributed by atoms with E-state index in [9.17, 15) is 9.59 Å². The highest BCUT2D eigenvalue weighted by Crippen LogP contribution is 2.27. The van der Waals surface area contributed by atoms with E-state index in [-0.39, 0.29) is 24.1 Å². The summed E-state index contributed by atoms with van der Waals surface area (Å²) in [6, 6.07) is 7.36. The largest absolute Gasteiger partial charge is 0.489 e. The Labute approximate surface area is 130 Å². The third-order valence-electron chi connectivity index (χ3n) is 4.39. The lowest BCUT2D eigenvalue weighted by molar-refractivity contribution is -0.129. The van der Waals surface area contributed by atoms with Crippen molar-refractivity contribution < 1.29 is 14.3 Å². The number of imide groups is 1. The van der Waals surface area contributed by atoms with Crippen molar-refractivity contribution in [2.75, 3.05) is 13.1 Å². The van der Waals surface area contributed by atoms with Crippen LogP contribution < -0.4 is 4.74 Å². The molecule has 0 spiro atoms. The zero-order chi connectivity index (χ0) is 15.7. The van der Waals surface area contributed by atoms with Gasteiger partial charge in [0.1, 0.15) is 17.9 Å². The molecule has 5 heteroatoms. The van der Waals surface area contributed by atoms with Gasteiger partial charge in [0.2, 0.25) is 0 Å². The number of urea groups is 1. The van der Waals surface area contributed by atoms with Crippen molar-refractivity contribution in [1.29, 1.82) is 0 Å². The molecule has 0 aromatic heterocycles. The van der Waals surface area contributed by atoms with E-state index in [0.29, 0.717) is 13.1 Å². The fraction of sp³-hybridized carbons (Fsp3) is 0.529. The van der Waals surface area contributed by atoms with E-state index in [4.69, 9.17) is 4.74 Å². The van der Waals surface area contributed by atoms with Crippen LogP contribution in [0.25, 0.3) is 0 Å². The molecule has 2 aliphatic rings. The van der Waals surface area contributed by atoms with Gasteiger partial charge in [-0.3, -0.25) is 9.69 Å². The summed E-state index contributed by atoms with van der Waals surface area (Å²) in [6.45, 7) is 4.87. The van der Waals surface area contributed by atoms with Gasteiger partial charge in [0.05, 0.1) is 6.54 Å². The Hall–Kier alpha value is -2.04. The lowest BCUT2D eigenvalue weighted by atomic mass is 10.0. The van der Waals surface area contributed by atoms with Crippen LogP contribution >= 0.6 is 0 Å². The predicted octanol–water partition coefficient (Wildman–Crippen LogP) is 2.58. The second-order valence-electron chi connectivity index (χ2n) is 6.13. The van der Waals surface area contributed by atoms with Gasteiger partial charge in [-0.2, -0.15) is 0 Å². The van der Waals surface area contributed by atoms with Crippen LogP contribution in [-0.4, -0.2) is 47.0 Å². The van der Waals surface area contributed by atoms with E-state index in [1.165, 1.54) is 4.90 Å². The zero-order valence-electron chi connectivity index (χ0n) is 13.1. The number of aryl methyl sites for hydroxylation is 1. The lowest BCUT2D eigenvalue weighted by Crippen LogP contribution is -2.40. The van der Waals surface area contributed by atoms with Crippen molar-refractivity contribution in [1.82, 2.24) is 9.80 Å². The van der Waals surface area contributed by atoms with Gasteiger partial charge in [-0.15, -0.1) is 0 Å². The average molecular weight is 302 g/mol. The number of hydrogen-bond donors (Lipinski definition) is 0. The summed E-state index contributed by atoms with van der Waals surface area (Å²) in [5.74, 6) is 0.733. The van der Waals surface area contributed by atoms with E-state index in [0.717, 1.165) is 30.6 Å². The molecule has 118 valence electrons. The first-order valence-corrected chi connectivity index (χ1v) is 7.92. The molecular weight excluding hydrogens is 280 g/mol. The van der Waals surface area contributed by atoms with Crippen molar-refractivity contribution in [3.63, 3.8) is 0 Å². The molecule has 0 aliphatic carbocycles. The lowest BCUT2D eigenvalue weighted by Gasteiger charge is -2.26. The van der Waals surface area contributed by atoms with Crippen molar-refractivity contribution in [3.05, 3.63) is 29.8 Å². The molecule has 2 aliphatic heterocycles. The van der Waals surface area contributed by atoms with E-state index in [1.807, 2.05) is 38.1 Å². The topological polar surface area (TPSA) is 49.9 Å². The van der Waals surface area contributed by atoms with Gasteiger partial charge in [0.15, 0.2) is 0 Å². The second kappa shape index (κ2) is 5.99. The van der Waals surface area contributed by atoms with Crippen LogP contribution in [0.15, 0.2) is 24.3 Å². The van der Waals surface area contributed by atoms with Crippen molar-refractivity contribution in [2.24, 2.45) is 0 Å². The number of hydrogen-bond acceptors (Lipinski definition) is 3. The summed E-state index contributed by atoms with van der Waals surface area (Å²) in [5.41, 5.74) is 1.05. The quantitative estimate of drug-likeness (QED) is 0.803. The molecule has 0 radical (unpaired) electrons. The molecule has 1 aromatic rings. The minimum Gasteiger partial charge on any atom is -0.489 e. The first kappa shape index (κ1) is 14.9. The Balaban J connectivity index is 1.66. The van der Waals surface area contributed by atoms with Crippen LogP contribution in [0.2, 0.25) is 0 Å². The van der Waals surface area contributed by atoms with Gasteiger partial charge < -0.3 is 9.64 Å². The van der Waals surface area contributed by atoms with Crippen LogP contribution in [0.5, 0.6) is 5.75 Å². The summed E-state index contributed by atoms with van der Waals surface area (Å²) in [5, 5.41) is 0. The fourth-order valence-electron chi connectivity index (χ4n) is 3.21. The third kappa shape index (κ3) is 2.67. The number of rotatable bonds is 4. The molecule has 2 saturated heterocycles. The standard InChI is InChI=1S/C17H22N2O3/c1-12-7-3-4-9-15(12)22-13(2)11-19-16(20)14-8-5-6-10-18(14)17(19)21/h3-4,7,9,13-14H,5-6,8,10-11H2,1-2H3/t13-,14-/m0/s1. The second-order valence-corrected chi connectivity index (χ2v) is 6.13. The van der Waals surface area contributed by atoms with E-state index < -0.39 is 0 Å². The first-order chi connectivity index (χ1) is 10.6. The van der Waals surface area contributed by atoms with Crippen molar-refractivity contribution in [2.45, 2.75) is 45.3 Å². The number of carbonyl (C=O) groups excluding carboxylic acids is 2. The summed E-state index contributed by atoms with van der Waals surface area (Å²) in [7, 11) is 0. The van der Waals surface area contributed by atoms with Crippen LogP contribution in [0.1, 0.15) is 31.7 Å². The highest BCUT2D eigenvalue weighted by atomic mass is 16.5. The molecule has 0 N–H and O–H groups in total. The molecule has 3 amide bonds. The number of piperidine rings is 1. The summed E-state index contributed by atoms with van der Waals surface area (Å²) >= 11 is 0. The maximum Gasteiger partial charge on any atom is 0.327 e. The summed E-state index contributed by atoms with van der Waals surface area (Å²) in [4.78, 5) is 27.9. The van der Waals surface area contributed by atoms with Gasteiger partial charge in [0, 0.05) is 6.54 Å². The van der Waals surface area contributed by atoms with Gasteiger partial charge >= 0.3 is 6.03 Å². The molecule has 0 unspecified atom stereocenters. The van der Waals surface area contributed by atoms with E-state index >= 15 is 0 Å². The molecule has 1 aromatic carbocycles. The normalized spacial score (nSPS) is 22.7. The van der Waals surface area contributed by atoms with Gasteiger partial charge in [-0.05, 0) is 44.7 Å². The van der Waals surface area contributed by atoms with Gasteiger partial charge in [-0.1, -0.05) is 18.2 Å². The Morgan fingerprint density at radius 1 is 1.27 bits per heavy atom. The maximum atomic E-state index is 12.4. The fourth-order valence-corrected chi connectivity index (χ4v) is 3.21. The summed E-state index contributed by atoms with van der Waals surface area (Å²) < 4.78 is 5.89. The Kier molecular flexibility index (Phi) is 4.05. The number of para-hydroxylation sites is 1. The Morgan fingerprint density at radius 2 is 2.05 bits per heavy atom. The van der Waals surface area contributed by atoms with Crippen LogP contribution in [0, 0.1) is 6.92 Å². The molecule has 0 bridgehead atoms.